The fourth-order valence-electron chi connectivity index (χ4n) is 0.143. The highest BCUT2D eigenvalue weighted by Gasteiger charge is 2.48. The minimum atomic E-state index is -4.79. The summed E-state index contributed by atoms with van der Waals surface area (Å²) >= 11 is 0. The fourth-order valence-corrected chi connectivity index (χ4v) is 3.87. The van der Waals surface area contributed by atoms with Gasteiger partial charge in [0.15, 0.2) is 0 Å². The smallest absolute Gasteiger partial charge is 0.538 e. The highest BCUT2D eigenvalue weighted by molar-refractivity contribution is 7.39. The maximum atomic E-state index is 10.1. The minimum absolute atomic E-state index is 3.46. The monoisotopic (exact) mass is 184 g/mol. The molecular formula is H4O6Si3. The zero-order valence-electron chi connectivity index (χ0n) is 4.11. The van der Waals surface area contributed by atoms with Gasteiger partial charge < -0.3 is 28.1 Å². The Balaban J connectivity index is 4.23. The molecule has 6 nitrogen and oxygen atoms in total. The molecule has 0 radical (unpaired) electrons. The van der Waals surface area contributed by atoms with Crippen LogP contribution in [-0.4, -0.2) is 43.7 Å². The second-order valence-corrected chi connectivity index (χ2v) is 11.3. The number of hydrogen-bond donors (Lipinski definition) is 4. The fraction of sp³-hybridized carbons (Fsp3) is 0. The Kier molecular flexibility index (Phi) is 2.66. The van der Waals surface area contributed by atoms with Crippen molar-refractivity contribution in [2.75, 3.05) is 0 Å². The third-order valence-corrected chi connectivity index (χ3v) is 9.43. The predicted molar refractivity (Wildman–Crippen MR) is 27.5 cm³/mol. The van der Waals surface area contributed by atoms with Crippen LogP contribution < -0.4 is 0 Å². The quantitative estimate of drug-likeness (QED) is 0.329. The Hall–Kier alpha value is -0.0694. The van der Waals surface area contributed by atoms with Gasteiger partial charge in [-0.15, -0.1) is 0 Å². The molecule has 0 spiro atoms. The molecule has 0 fully saturated rings. The molecule has 0 saturated heterocycles. The Morgan fingerprint density at radius 1 is 1.11 bits per heavy atom. The molecule has 0 heterocycles. The lowest BCUT2D eigenvalue weighted by molar-refractivity contribution is 0.254. The van der Waals surface area contributed by atoms with E-state index in [0.717, 1.165) is 0 Å². The molecule has 9 heavy (non-hydrogen) atoms. The molecule has 0 aliphatic rings. The van der Waals surface area contributed by atoms with Gasteiger partial charge in [0.1, 0.15) is 0 Å². The van der Waals surface area contributed by atoms with E-state index in [4.69, 9.17) is 19.2 Å². The maximum Gasteiger partial charge on any atom is 0.545 e. The maximum absolute atomic E-state index is 10.1. The van der Waals surface area contributed by atoms with Gasteiger partial charge in [0.25, 0.3) is 0 Å². The van der Waals surface area contributed by atoms with E-state index in [1.54, 1.807) is 0 Å². The van der Waals surface area contributed by atoms with Crippen molar-refractivity contribution in [1.29, 1.82) is 0 Å². The summed E-state index contributed by atoms with van der Waals surface area (Å²) in [5, 5.41) is 0. The summed E-state index contributed by atoms with van der Waals surface area (Å²) in [6.07, 6.45) is 0. The topological polar surface area (TPSA) is 115 Å². The zero-order valence-corrected chi connectivity index (χ0v) is 7.11. The molecule has 0 amide bonds. The van der Waals surface area contributed by atoms with Gasteiger partial charge in [-0.2, -0.15) is 0 Å². The zero-order chi connectivity index (χ0) is 7.65. The van der Waals surface area contributed by atoms with Crippen LogP contribution in [0, 0.1) is 0 Å². The molecule has 0 aromatic rings. The van der Waals surface area contributed by atoms with Crippen LogP contribution in [0.1, 0.15) is 0 Å². The summed E-state index contributed by atoms with van der Waals surface area (Å²) in [6.45, 7) is 0. The van der Waals surface area contributed by atoms with Crippen molar-refractivity contribution >= 4 is 24.5 Å². The third kappa shape index (κ3) is 2.83. The normalized spacial score (nSPS) is 11.0. The molecule has 4 N–H and O–H groups in total. The number of rotatable bonds is 2. The molecule has 52 valence electrons. The molecule has 0 aliphatic carbocycles. The average molecular weight is 184 g/mol. The van der Waals surface area contributed by atoms with Crippen LogP contribution in [0.3, 0.4) is 0 Å². The molecule has 0 aromatic carbocycles. The van der Waals surface area contributed by atoms with Crippen LogP contribution >= 0.6 is 0 Å². The first kappa shape index (κ1) is 8.93. The molecule has 9 heteroatoms. The van der Waals surface area contributed by atoms with Gasteiger partial charge in [-0.25, -0.2) is 0 Å². The second kappa shape index (κ2) is 2.68. The van der Waals surface area contributed by atoms with Gasteiger partial charge in [0, 0.05) is 0 Å². The first-order valence-corrected chi connectivity index (χ1v) is 8.41. The summed E-state index contributed by atoms with van der Waals surface area (Å²) < 4.78 is 20.0. The third-order valence-electron chi connectivity index (χ3n) is 0.499. The summed E-state index contributed by atoms with van der Waals surface area (Å²) in [7, 11) is -11.7. The lowest BCUT2D eigenvalue weighted by Gasteiger charge is -1.99. The molecule has 0 unspecified atom stereocenters. The molecule has 0 bridgehead atoms. The van der Waals surface area contributed by atoms with Crippen LogP contribution in [0.5, 0.6) is 0 Å². The summed E-state index contributed by atoms with van der Waals surface area (Å²) in [5.74, 6) is 0. The molecule has 0 atom stereocenters. The van der Waals surface area contributed by atoms with Crippen LogP contribution in [-0.2, 0) is 8.92 Å². The van der Waals surface area contributed by atoms with E-state index >= 15 is 0 Å². The van der Waals surface area contributed by atoms with Crippen LogP contribution in [0.4, 0.5) is 0 Å². The van der Waals surface area contributed by atoms with Crippen LogP contribution in [0.15, 0.2) is 0 Å². The van der Waals surface area contributed by atoms with Crippen LogP contribution in [0.25, 0.3) is 0 Å². The van der Waals surface area contributed by atoms with Crippen LogP contribution in [0.2, 0.25) is 0 Å². The van der Waals surface area contributed by atoms with Crippen molar-refractivity contribution in [2.45, 2.75) is 0 Å². The van der Waals surface area contributed by atoms with E-state index in [1.165, 1.54) is 0 Å². The SMILES string of the molecule is O=[Si](O)[Si](=O)[Si](O)(O)O. The molecule has 0 aliphatic heterocycles. The van der Waals surface area contributed by atoms with E-state index < -0.39 is 24.5 Å². The molecule has 0 rings (SSSR count). The van der Waals surface area contributed by atoms with Gasteiger partial charge in [0.2, 0.25) is 0 Å². The van der Waals surface area contributed by atoms with E-state index in [9.17, 15) is 8.92 Å². The highest BCUT2D eigenvalue weighted by Crippen LogP contribution is 1.83. The van der Waals surface area contributed by atoms with Crippen molar-refractivity contribution in [3.63, 3.8) is 0 Å². The first-order chi connectivity index (χ1) is 3.85. The Labute approximate surface area is 53.4 Å². The number of hydrogen-bond acceptors (Lipinski definition) is 5. The Morgan fingerprint density at radius 2 is 1.44 bits per heavy atom. The predicted octanol–water partition coefficient (Wildman–Crippen LogP) is -3.61. The van der Waals surface area contributed by atoms with Crippen molar-refractivity contribution in [3.8, 4) is 0 Å². The summed E-state index contributed by atoms with van der Waals surface area (Å²) in [4.78, 5) is 32.3. The van der Waals surface area contributed by atoms with Crippen molar-refractivity contribution in [3.05, 3.63) is 0 Å². The van der Waals surface area contributed by atoms with E-state index in [1.807, 2.05) is 0 Å². The highest BCUT2D eigenvalue weighted by atomic mass is 29.6. The second-order valence-electron chi connectivity index (χ2n) is 1.27. The van der Waals surface area contributed by atoms with E-state index in [0.29, 0.717) is 0 Å². The van der Waals surface area contributed by atoms with Gasteiger partial charge in [-0.05, 0) is 0 Å². The van der Waals surface area contributed by atoms with Crippen molar-refractivity contribution in [1.82, 2.24) is 0 Å². The lowest BCUT2D eigenvalue weighted by Crippen LogP contribution is -2.52. The summed E-state index contributed by atoms with van der Waals surface area (Å²) in [5.41, 5.74) is 0. The van der Waals surface area contributed by atoms with E-state index in [-0.39, 0.29) is 0 Å². The van der Waals surface area contributed by atoms with Crippen molar-refractivity contribution < 1.29 is 28.1 Å². The Morgan fingerprint density at radius 3 is 1.44 bits per heavy atom. The summed E-state index contributed by atoms with van der Waals surface area (Å²) in [6, 6.07) is 0. The molecule has 0 saturated carbocycles. The van der Waals surface area contributed by atoms with Gasteiger partial charge in [0.05, 0.1) is 0 Å². The van der Waals surface area contributed by atoms with Gasteiger partial charge in [-0.1, -0.05) is 0 Å². The van der Waals surface area contributed by atoms with E-state index in [2.05, 4.69) is 0 Å². The molecule has 0 aromatic heterocycles. The first-order valence-electron chi connectivity index (χ1n) is 1.80. The van der Waals surface area contributed by atoms with Crippen molar-refractivity contribution in [2.24, 2.45) is 0 Å². The van der Waals surface area contributed by atoms with Gasteiger partial charge in [-0.3, -0.25) is 0 Å². The minimum Gasteiger partial charge on any atom is -0.538 e. The largest absolute Gasteiger partial charge is 0.545 e. The average Bonchev–Trinajstić information content (AvgIpc) is 1.62. The Bertz CT molecular complexity index is 141. The molecular weight excluding hydrogens is 180 g/mol. The standard InChI is InChI=1S/H4O6Si3/c1-7(2)8(3)9(4,5)6/h1,4-6H. The lowest BCUT2D eigenvalue weighted by atomic mass is 15.8. The van der Waals surface area contributed by atoms with Gasteiger partial charge >= 0.3 is 24.5 Å².